The second kappa shape index (κ2) is 8.61. The van der Waals surface area contributed by atoms with Crippen LogP contribution in [0.25, 0.3) is 0 Å². The third-order valence-corrected chi connectivity index (χ3v) is 5.85. The van der Waals surface area contributed by atoms with Crippen LogP contribution in [0.5, 0.6) is 0 Å². The Kier molecular flexibility index (Phi) is 6.40. The number of carbonyl (C=O) groups is 2. The van der Waals surface area contributed by atoms with Crippen LogP contribution < -0.4 is 0 Å². The molecule has 0 radical (unpaired) electrons. The zero-order chi connectivity index (χ0) is 20.3. The topological polar surface area (TPSA) is 81.8 Å². The number of aryl methyl sites for hydroxylation is 2. The molecule has 0 bridgehead atoms. The number of carbonyl (C=O) groups excluding carboxylic acids is 2. The van der Waals surface area contributed by atoms with E-state index in [0.717, 1.165) is 44.0 Å². The van der Waals surface area contributed by atoms with Crippen molar-refractivity contribution in [1.82, 2.24) is 24.7 Å². The average Bonchev–Trinajstić information content (AvgIpc) is 3.41. The number of H-pyrrole nitrogens is 1. The molecule has 1 saturated carbocycles. The molecule has 0 aromatic carbocycles. The third-order valence-electron chi connectivity index (χ3n) is 5.85. The number of nitrogens with zero attached hydrogens (tertiary/aromatic N) is 4. The summed E-state index contributed by atoms with van der Waals surface area (Å²) in [5, 5.41) is 0. The minimum atomic E-state index is -0.268. The molecular formula is C20H33N5O3. The number of likely N-dealkylation sites (N-methyl/N-ethyl adjacent to an activating group) is 1. The molecule has 3 rings (SSSR count). The highest BCUT2D eigenvalue weighted by Crippen LogP contribution is 2.47. The summed E-state index contributed by atoms with van der Waals surface area (Å²) < 4.78 is 5.50. The molecule has 1 aromatic heterocycles. The van der Waals surface area contributed by atoms with Crippen molar-refractivity contribution in [2.45, 2.75) is 33.6 Å². The first-order valence-electron chi connectivity index (χ1n) is 10.2. The quantitative estimate of drug-likeness (QED) is 0.717. The number of piperazine rings is 1. The molecule has 2 heterocycles. The van der Waals surface area contributed by atoms with Gasteiger partial charge in [0.05, 0.1) is 12.0 Å². The van der Waals surface area contributed by atoms with Crippen molar-refractivity contribution in [3.63, 3.8) is 0 Å². The van der Waals surface area contributed by atoms with Crippen LogP contribution in [0.1, 0.15) is 41.8 Å². The fourth-order valence-electron chi connectivity index (χ4n) is 3.81. The molecule has 2 amide bonds. The molecule has 0 atom stereocenters. The Bertz CT molecular complexity index is 705. The number of hydrogen-bond acceptors (Lipinski definition) is 5. The van der Waals surface area contributed by atoms with Crippen LogP contribution in [0.3, 0.4) is 0 Å². The highest BCUT2D eigenvalue weighted by Gasteiger charge is 2.51. The molecule has 2 aliphatic rings. The predicted octanol–water partition coefficient (Wildman–Crippen LogP) is 1.06. The summed E-state index contributed by atoms with van der Waals surface area (Å²) in [5.74, 6) is 0.976. The lowest BCUT2D eigenvalue weighted by Crippen LogP contribution is -2.51. The number of hydrogen-bond donors (Lipinski definition) is 1. The monoisotopic (exact) mass is 391 g/mol. The van der Waals surface area contributed by atoms with Crippen LogP contribution >= 0.6 is 0 Å². The van der Waals surface area contributed by atoms with Gasteiger partial charge in [-0.15, -0.1) is 0 Å². The van der Waals surface area contributed by atoms with Crippen molar-refractivity contribution in [2.75, 3.05) is 59.5 Å². The van der Waals surface area contributed by atoms with Gasteiger partial charge in [0.25, 0.3) is 5.91 Å². The van der Waals surface area contributed by atoms with E-state index in [1.807, 2.05) is 37.6 Å². The summed E-state index contributed by atoms with van der Waals surface area (Å²) in [6, 6.07) is 0. The number of aromatic nitrogens is 2. The van der Waals surface area contributed by atoms with Gasteiger partial charge in [0.15, 0.2) is 0 Å². The van der Waals surface area contributed by atoms with E-state index >= 15 is 0 Å². The molecule has 1 N–H and O–H groups in total. The number of amides is 2. The normalized spacial score (nSPS) is 18.9. The minimum absolute atomic E-state index is 0.000366. The second-order valence-corrected chi connectivity index (χ2v) is 8.07. The lowest BCUT2D eigenvalue weighted by Gasteiger charge is -2.35. The van der Waals surface area contributed by atoms with Gasteiger partial charge in [-0.1, -0.05) is 0 Å². The molecule has 1 aliphatic carbocycles. The average molecular weight is 392 g/mol. The van der Waals surface area contributed by atoms with Gasteiger partial charge in [0.1, 0.15) is 11.5 Å². The summed E-state index contributed by atoms with van der Waals surface area (Å²) >= 11 is 0. The second-order valence-electron chi connectivity index (χ2n) is 8.07. The van der Waals surface area contributed by atoms with Crippen molar-refractivity contribution in [3.05, 3.63) is 17.2 Å². The van der Waals surface area contributed by atoms with E-state index in [9.17, 15) is 9.59 Å². The highest BCUT2D eigenvalue weighted by molar-refractivity contribution is 5.93. The lowest BCUT2D eigenvalue weighted by molar-refractivity contribution is -0.138. The Morgan fingerprint density at radius 3 is 2.43 bits per heavy atom. The van der Waals surface area contributed by atoms with E-state index in [1.165, 1.54) is 0 Å². The smallest absolute Gasteiger partial charge is 0.274 e. The van der Waals surface area contributed by atoms with Crippen LogP contribution in [-0.2, 0) is 9.53 Å². The molecule has 8 nitrogen and oxygen atoms in total. The molecule has 1 saturated heterocycles. The first-order valence-corrected chi connectivity index (χ1v) is 10.2. The predicted molar refractivity (Wildman–Crippen MR) is 106 cm³/mol. The van der Waals surface area contributed by atoms with Crippen LogP contribution in [0.2, 0.25) is 0 Å². The molecule has 156 valence electrons. The SMILES string of the molecule is CCOCC1(C(=O)N(C)CCN2CCN(C(=O)c3nc(C)[nH]c3C)CC2)CC1. The summed E-state index contributed by atoms with van der Waals surface area (Å²) in [4.78, 5) is 38.8. The first kappa shape index (κ1) is 20.8. The van der Waals surface area contributed by atoms with Gasteiger partial charge in [-0.25, -0.2) is 4.98 Å². The van der Waals surface area contributed by atoms with Gasteiger partial charge in [0, 0.05) is 58.6 Å². The summed E-state index contributed by atoms with van der Waals surface area (Å²) in [6.07, 6.45) is 1.87. The van der Waals surface area contributed by atoms with E-state index in [0.29, 0.717) is 38.5 Å². The maximum Gasteiger partial charge on any atom is 0.274 e. The Balaban J connectivity index is 1.43. The van der Waals surface area contributed by atoms with Crippen molar-refractivity contribution in [2.24, 2.45) is 5.41 Å². The maximum atomic E-state index is 12.7. The van der Waals surface area contributed by atoms with Crippen molar-refractivity contribution in [3.8, 4) is 0 Å². The van der Waals surface area contributed by atoms with Gasteiger partial charge in [0.2, 0.25) is 5.91 Å². The van der Waals surface area contributed by atoms with Crippen molar-refractivity contribution >= 4 is 11.8 Å². The van der Waals surface area contributed by atoms with Crippen LogP contribution in [0.4, 0.5) is 0 Å². The standard InChI is InChI=1S/C20H33N5O3/c1-5-28-14-20(6-7-20)19(27)23(4)8-9-24-10-12-25(13-11-24)18(26)17-15(2)21-16(3)22-17/h5-14H2,1-4H3,(H,21,22). The van der Waals surface area contributed by atoms with Gasteiger partial charge in [-0.05, 0) is 33.6 Å². The van der Waals surface area contributed by atoms with E-state index < -0.39 is 0 Å². The van der Waals surface area contributed by atoms with E-state index in [-0.39, 0.29) is 17.2 Å². The largest absolute Gasteiger partial charge is 0.381 e. The zero-order valence-corrected chi connectivity index (χ0v) is 17.6. The van der Waals surface area contributed by atoms with Crippen molar-refractivity contribution < 1.29 is 14.3 Å². The summed E-state index contributed by atoms with van der Waals surface area (Å²) in [5.41, 5.74) is 1.08. The zero-order valence-electron chi connectivity index (χ0n) is 17.6. The molecule has 28 heavy (non-hydrogen) atoms. The molecule has 0 spiro atoms. The molecule has 2 fully saturated rings. The Labute approximate surface area is 167 Å². The fraction of sp³-hybridized carbons (Fsp3) is 0.750. The Morgan fingerprint density at radius 2 is 1.89 bits per heavy atom. The lowest BCUT2D eigenvalue weighted by atomic mass is 10.1. The Hall–Kier alpha value is -1.93. The van der Waals surface area contributed by atoms with Gasteiger partial charge in [-0.3, -0.25) is 14.5 Å². The van der Waals surface area contributed by atoms with E-state index in [4.69, 9.17) is 4.74 Å². The number of rotatable bonds is 8. The molecule has 1 aliphatic heterocycles. The number of ether oxygens (including phenoxy) is 1. The molecular weight excluding hydrogens is 358 g/mol. The van der Waals surface area contributed by atoms with Crippen LogP contribution in [0, 0.1) is 19.3 Å². The van der Waals surface area contributed by atoms with E-state index in [1.54, 1.807) is 0 Å². The minimum Gasteiger partial charge on any atom is -0.381 e. The first-order chi connectivity index (χ1) is 13.4. The van der Waals surface area contributed by atoms with E-state index in [2.05, 4.69) is 14.9 Å². The summed E-state index contributed by atoms with van der Waals surface area (Å²) in [7, 11) is 1.89. The number of nitrogens with one attached hydrogen (secondary N) is 1. The van der Waals surface area contributed by atoms with Crippen molar-refractivity contribution in [1.29, 1.82) is 0 Å². The van der Waals surface area contributed by atoms with Crippen LogP contribution in [-0.4, -0.2) is 96.0 Å². The number of aromatic amines is 1. The Morgan fingerprint density at radius 1 is 1.21 bits per heavy atom. The highest BCUT2D eigenvalue weighted by atomic mass is 16.5. The fourth-order valence-corrected chi connectivity index (χ4v) is 3.81. The number of imidazole rings is 1. The molecule has 8 heteroatoms. The van der Waals surface area contributed by atoms with Crippen LogP contribution in [0.15, 0.2) is 0 Å². The maximum absolute atomic E-state index is 12.7. The summed E-state index contributed by atoms with van der Waals surface area (Å²) in [6.45, 7) is 11.5. The molecule has 0 unspecified atom stereocenters. The van der Waals surface area contributed by atoms with Gasteiger partial charge < -0.3 is 19.5 Å². The third kappa shape index (κ3) is 4.55. The van der Waals surface area contributed by atoms with Gasteiger partial charge >= 0.3 is 0 Å². The molecule has 1 aromatic rings. The van der Waals surface area contributed by atoms with Gasteiger partial charge in [-0.2, -0.15) is 0 Å².